The summed E-state index contributed by atoms with van der Waals surface area (Å²) in [5, 5.41) is 15.2. The highest BCUT2D eigenvalue weighted by molar-refractivity contribution is 5.94. The predicted molar refractivity (Wildman–Crippen MR) is 156 cm³/mol. The quantitative estimate of drug-likeness (QED) is 0.172. The van der Waals surface area contributed by atoms with Crippen molar-refractivity contribution in [3.63, 3.8) is 0 Å². The summed E-state index contributed by atoms with van der Waals surface area (Å²) in [6, 6.07) is 24.7. The van der Waals surface area contributed by atoms with E-state index in [1.54, 1.807) is 24.3 Å². The van der Waals surface area contributed by atoms with E-state index in [2.05, 4.69) is 16.1 Å². The first-order chi connectivity index (χ1) is 20.4. The van der Waals surface area contributed by atoms with Gasteiger partial charge >= 0.3 is 5.97 Å². The number of benzene rings is 3. The van der Waals surface area contributed by atoms with Crippen LogP contribution in [0.15, 0.2) is 91.0 Å². The van der Waals surface area contributed by atoms with Crippen LogP contribution in [0.2, 0.25) is 0 Å². The molecule has 0 aromatic heterocycles. The van der Waals surface area contributed by atoms with Crippen LogP contribution in [0.5, 0.6) is 0 Å². The average Bonchev–Trinajstić information content (AvgIpc) is 3.51. The van der Waals surface area contributed by atoms with Gasteiger partial charge in [0.25, 0.3) is 0 Å². The van der Waals surface area contributed by atoms with Crippen LogP contribution in [0.4, 0.5) is 0 Å². The Hall–Kier alpha value is -4.54. The monoisotopic (exact) mass is 572 g/mol. The number of hydrogen-bond acceptors (Lipinski definition) is 6. The predicted octanol–water partition coefficient (Wildman–Crippen LogP) is 2.24. The normalized spacial score (nSPS) is 15.9. The number of carboxylic acid groups (broad SMARTS) is 1. The third kappa shape index (κ3) is 8.98. The molecular formula is C32H36N4O6. The minimum atomic E-state index is -1.18. The fraction of sp³-hybridized carbons (Fsp3) is 0.312. The molecule has 0 bridgehead atoms. The van der Waals surface area contributed by atoms with Crippen molar-refractivity contribution < 1.29 is 29.1 Å². The Balaban J connectivity index is 1.38. The number of rotatable bonds is 14. The molecule has 0 radical (unpaired) electrons. The number of nitrogens with zero attached hydrogens (tertiary/aromatic N) is 1. The van der Waals surface area contributed by atoms with Gasteiger partial charge < -0.3 is 20.6 Å². The SMILES string of the molecule is O=C(O)[C@H](Cc1ccccc1)NC(=O)[C@H](Cc1ccccc1)NC(=O)[C@@H]1CCCN1C(=O)CNOCc1ccccc1. The van der Waals surface area contributed by atoms with Crippen molar-refractivity contribution in [3.05, 3.63) is 108 Å². The first-order valence-electron chi connectivity index (χ1n) is 14.0. The Bertz CT molecular complexity index is 1320. The van der Waals surface area contributed by atoms with Crippen LogP contribution in [-0.2, 0) is 43.5 Å². The van der Waals surface area contributed by atoms with Gasteiger partial charge in [-0.3, -0.25) is 19.2 Å². The number of likely N-dealkylation sites (tertiary alicyclic amines) is 1. The summed E-state index contributed by atoms with van der Waals surface area (Å²) in [5.41, 5.74) is 5.18. The third-order valence-electron chi connectivity index (χ3n) is 7.10. The number of aliphatic carboxylic acids is 1. The Morgan fingerprint density at radius 3 is 1.90 bits per heavy atom. The third-order valence-corrected chi connectivity index (χ3v) is 7.10. The molecule has 3 aromatic rings. The van der Waals surface area contributed by atoms with Gasteiger partial charge in [-0.1, -0.05) is 91.0 Å². The molecular weight excluding hydrogens is 536 g/mol. The van der Waals surface area contributed by atoms with Crippen LogP contribution in [0.25, 0.3) is 0 Å². The van der Waals surface area contributed by atoms with Gasteiger partial charge in [0.1, 0.15) is 24.7 Å². The molecule has 4 rings (SSSR count). The van der Waals surface area contributed by atoms with Crippen LogP contribution < -0.4 is 16.1 Å². The summed E-state index contributed by atoms with van der Waals surface area (Å²) in [7, 11) is 0. The Morgan fingerprint density at radius 2 is 1.33 bits per heavy atom. The van der Waals surface area contributed by atoms with Crippen molar-refractivity contribution in [3.8, 4) is 0 Å². The largest absolute Gasteiger partial charge is 0.480 e. The molecule has 0 aliphatic carbocycles. The number of carboxylic acids is 1. The van der Waals surface area contributed by atoms with Crippen LogP contribution in [-0.4, -0.2) is 64.9 Å². The second-order valence-corrected chi connectivity index (χ2v) is 10.2. The van der Waals surface area contributed by atoms with Gasteiger partial charge in [-0.15, -0.1) is 0 Å². The van der Waals surface area contributed by atoms with E-state index in [9.17, 15) is 24.3 Å². The van der Waals surface area contributed by atoms with E-state index in [0.717, 1.165) is 16.7 Å². The summed E-state index contributed by atoms with van der Waals surface area (Å²) in [4.78, 5) is 58.7. The van der Waals surface area contributed by atoms with Crippen molar-refractivity contribution >= 4 is 23.7 Å². The molecule has 10 heteroatoms. The van der Waals surface area contributed by atoms with E-state index >= 15 is 0 Å². The maximum atomic E-state index is 13.4. The molecule has 42 heavy (non-hydrogen) atoms. The van der Waals surface area contributed by atoms with Gasteiger partial charge in [-0.25, -0.2) is 4.79 Å². The highest BCUT2D eigenvalue weighted by Crippen LogP contribution is 2.18. The van der Waals surface area contributed by atoms with Gasteiger partial charge in [0.15, 0.2) is 0 Å². The summed E-state index contributed by atoms with van der Waals surface area (Å²) < 4.78 is 0. The highest BCUT2D eigenvalue weighted by Gasteiger charge is 2.36. The maximum absolute atomic E-state index is 13.4. The van der Waals surface area contributed by atoms with Crippen molar-refractivity contribution in [1.82, 2.24) is 21.0 Å². The molecule has 1 fully saturated rings. The van der Waals surface area contributed by atoms with Gasteiger partial charge in [-0.2, -0.15) is 5.48 Å². The minimum Gasteiger partial charge on any atom is -0.480 e. The molecule has 3 aromatic carbocycles. The van der Waals surface area contributed by atoms with E-state index in [1.807, 2.05) is 66.7 Å². The van der Waals surface area contributed by atoms with Crippen LogP contribution in [0, 0.1) is 0 Å². The fourth-order valence-electron chi connectivity index (χ4n) is 4.91. The lowest BCUT2D eigenvalue weighted by Gasteiger charge is -2.27. The average molecular weight is 573 g/mol. The van der Waals surface area contributed by atoms with Crippen LogP contribution in [0.3, 0.4) is 0 Å². The second kappa shape index (κ2) is 15.5. The van der Waals surface area contributed by atoms with E-state index in [0.29, 0.717) is 19.4 Å². The van der Waals surface area contributed by atoms with E-state index in [-0.39, 0.29) is 31.9 Å². The standard InChI is InChI=1S/C32H36N4O6/c37-29(21-33-42-22-25-15-8-3-9-16-25)36-18-10-17-28(36)31(39)34-26(19-23-11-4-1-5-12-23)30(38)35-27(32(40)41)20-24-13-6-2-7-14-24/h1-9,11-16,26-28,33H,10,17-22H2,(H,34,39)(H,35,38)(H,40,41)/t26-,27-,28-/m0/s1. The Labute approximate surface area is 245 Å². The number of amides is 3. The molecule has 0 spiro atoms. The van der Waals surface area contributed by atoms with Crippen molar-refractivity contribution in [2.45, 2.75) is 50.4 Å². The zero-order valence-electron chi connectivity index (χ0n) is 23.3. The van der Waals surface area contributed by atoms with Gasteiger partial charge in [-0.05, 0) is 29.5 Å². The summed E-state index contributed by atoms with van der Waals surface area (Å²) in [6.07, 6.45) is 1.35. The van der Waals surface area contributed by atoms with Crippen molar-refractivity contribution in [2.24, 2.45) is 0 Å². The summed E-state index contributed by atoms with van der Waals surface area (Å²) in [5.74, 6) is -2.54. The number of carbonyl (C=O) groups excluding carboxylic acids is 3. The lowest BCUT2D eigenvalue weighted by molar-refractivity contribution is -0.143. The molecule has 1 aliphatic heterocycles. The van der Waals surface area contributed by atoms with E-state index in [1.165, 1.54) is 4.90 Å². The molecule has 0 unspecified atom stereocenters. The minimum absolute atomic E-state index is 0.0954. The molecule has 4 N–H and O–H groups in total. The van der Waals surface area contributed by atoms with Crippen LogP contribution in [0.1, 0.15) is 29.5 Å². The lowest BCUT2D eigenvalue weighted by atomic mass is 10.0. The lowest BCUT2D eigenvalue weighted by Crippen LogP contribution is -2.56. The highest BCUT2D eigenvalue weighted by atomic mass is 16.6. The van der Waals surface area contributed by atoms with Gasteiger partial charge in [0.2, 0.25) is 17.7 Å². The zero-order chi connectivity index (χ0) is 29.7. The van der Waals surface area contributed by atoms with Crippen LogP contribution >= 0.6 is 0 Å². The first-order valence-corrected chi connectivity index (χ1v) is 14.0. The van der Waals surface area contributed by atoms with Gasteiger partial charge in [0.05, 0.1) is 6.61 Å². The molecule has 220 valence electrons. The number of nitrogens with one attached hydrogen (secondary N) is 3. The molecule has 0 saturated carbocycles. The Morgan fingerprint density at radius 1 is 0.786 bits per heavy atom. The van der Waals surface area contributed by atoms with Crippen molar-refractivity contribution in [2.75, 3.05) is 13.1 Å². The molecule has 3 atom stereocenters. The van der Waals surface area contributed by atoms with E-state index < -0.39 is 35.9 Å². The summed E-state index contributed by atoms with van der Waals surface area (Å²) >= 11 is 0. The number of hydrogen-bond donors (Lipinski definition) is 4. The second-order valence-electron chi connectivity index (χ2n) is 10.2. The molecule has 1 aliphatic rings. The van der Waals surface area contributed by atoms with Gasteiger partial charge in [0, 0.05) is 19.4 Å². The molecule has 3 amide bonds. The smallest absolute Gasteiger partial charge is 0.326 e. The first kappa shape index (κ1) is 30.4. The number of hydroxylamine groups is 1. The zero-order valence-corrected chi connectivity index (χ0v) is 23.3. The molecule has 1 heterocycles. The number of carbonyl (C=O) groups is 4. The Kier molecular flexibility index (Phi) is 11.2. The van der Waals surface area contributed by atoms with Crippen molar-refractivity contribution in [1.29, 1.82) is 0 Å². The molecule has 1 saturated heterocycles. The molecule has 10 nitrogen and oxygen atoms in total. The van der Waals surface area contributed by atoms with E-state index in [4.69, 9.17) is 4.84 Å². The topological polar surface area (TPSA) is 137 Å². The fourth-order valence-corrected chi connectivity index (χ4v) is 4.91. The summed E-state index contributed by atoms with van der Waals surface area (Å²) in [6.45, 7) is 0.589. The maximum Gasteiger partial charge on any atom is 0.326 e.